The van der Waals surface area contributed by atoms with Crippen LogP contribution in [0.25, 0.3) is 0 Å². The van der Waals surface area contributed by atoms with Gasteiger partial charge in [0.25, 0.3) is 5.60 Å². The van der Waals surface area contributed by atoms with Gasteiger partial charge in [0.05, 0.1) is 11.1 Å². The Bertz CT molecular complexity index is 924. The largest absolute Gasteiger partial charge is 0.435 e. The highest BCUT2D eigenvalue weighted by Gasteiger charge is 2.62. The number of nitrogens with zero attached hydrogens (tertiary/aromatic N) is 1. The molecule has 1 heterocycles. The summed E-state index contributed by atoms with van der Waals surface area (Å²) < 4.78 is 42.1. The number of fused-ring (bicyclic) bond motifs is 1. The molecule has 0 bridgehead atoms. The van der Waals surface area contributed by atoms with Gasteiger partial charge in [-0.15, -0.1) is 11.6 Å². The van der Waals surface area contributed by atoms with Crippen molar-refractivity contribution in [2.75, 3.05) is 0 Å². The van der Waals surface area contributed by atoms with Crippen LogP contribution < -0.4 is 0 Å². The van der Waals surface area contributed by atoms with Crippen molar-refractivity contribution >= 4 is 40.5 Å². The van der Waals surface area contributed by atoms with E-state index in [-0.39, 0.29) is 26.7 Å². The first-order chi connectivity index (χ1) is 12.7. The van der Waals surface area contributed by atoms with Gasteiger partial charge in [-0.05, 0) is 53.8 Å². The minimum absolute atomic E-state index is 0.0568. The predicted octanol–water partition coefficient (Wildman–Crippen LogP) is 6.80. The van der Waals surface area contributed by atoms with Gasteiger partial charge in [-0.1, -0.05) is 40.5 Å². The molecular formula is C19H13Cl3F3NO. The first kappa shape index (κ1) is 18.9. The zero-order chi connectivity index (χ0) is 19.4. The summed E-state index contributed by atoms with van der Waals surface area (Å²) in [6, 6.07) is 9.22. The highest BCUT2D eigenvalue weighted by Crippen LogP contribution is 2.50. The fourth-order valence-electron chi connectivity index (χ4n) is 3.59. The van der Waals surface area contributed by atoms with E-state index in [0.717, 1.165) is 24.0 Å². The van der Waals surface area contributed by atoms with Gasteiger partial charge in [0.2, 0.25) is 0 Å². The Labute approximate surface area is 168 Å². The molecular weight excluding hydrogens is 422 g/mol. The highest BCUT2D eigenvalue weighted by molar-refractivity contribution is 6.34. The third-order valence-corrected chi connectivity index (χ3v) is 5.89. The maximum Gasteiger partial charge on any atom is 0.435 e. The number of aryl methyl sites for hydroxylation is 1. The van der Waals surface area contributed by atoms with Crippen LogP contribution in [-0.4, -0.2) is 11.9 Å². The molecule has 27 heavy (non-hydrogen) atoms. The second-order valence-electron chi connectivity index (χ2n) is 6.71. The summed E-state index contributed by atoms with van der Waals surface area (Å²) >= 11 is 18.1. The van der Waals surface area contributed by atoms with Crippen LogP contribution in [0.3, 0.4) is 0 Å². The normalized spacial score (nSPS) is 24.5. The van der Waals surface area contributed by atoms with Crippen LogP contribution in [0.2, 0.25) is 10.0 Å². The summed E-state index contributed by atoms with van der Waals surface area (Å²) in [5.74, 6) is 0. The van der Waals surface area contributed by atoms with E-state index in [1.165, 1.54) is 18.2 Å². The van der Waals surface area contributed by atoms with Crippen LogP contribution >= 0.6 is 34.8 Å². The summed E-state index contributed by atoms with van der Waals surface area (Å²) in [5, 5.41) is 3.93. The Kier molecular flexibility index (Phi) is 4.60. The third kappa shape index (κ3) is 3.20. The first-order valence-corrected chi connectivity index (χ1v) is 9.44. The van der Waals surface area contributed by atoms with Crippen LogP contribution in [0, 0.1) is 0 Å². The zero-order valence-corrected chi connectivity index (χ0v) is 16.1. The minimum atomic E-state index is -4.70. The van der Waals surface area contributed by atoms with Crippen molar-refractivity contribution < 1.29 is 18.0 Å². The molecule has 0 radical (unpaired) electrons. The molecule has 142 valence electrons. The number of oxime groups is 1. The second-order valence-corrected chi connectivity index (χ2v) is 8.11. The molecule has 2 atom stereocenters. The molecule has 0 amide bonds. The summed E-state index contributed by atoms with van der Waals surface area (Å²) in [6.07, 6.45) is -3.56. The molecule has 0 aromatic heterocycles. The number of halogens is 6. The van der Waals surface area contributed by atoms with Gasteiger partial charge in [0.15, 0.2) is 0 Å². The van der Waals surface area contributed by atoms with E-state index in [9.17, 15) is 13.2 Å². The van der Waals surface area contributed by atoms with Crippen LogP contribution in [0.15, 0.2) is 41.6 Å². The molecule has 4 rings (SSSR count). The van der Waals surface area contributed by atoms with E-state index in [1.54, 1.807) is 6.07 Å². The van der Waals surface area contributed by atoms with E-state index in [2.05, 4.69) is 5.16 Å². The lowest BCUT2D eigenvalue weighted by atomic mass is 9.86. The molecule has 2 unspecified atom stereocenters. The molecule has 0 saturated carbocycles. The standard InChI is InChI=1S/C19H13Cl3F3NO/c20-13-6-12(7-14(21)8-13)18(19(23,24)25)9-17(26-27-18)11-1-3-15-10(5-11)2-4-16(15)22/h1,3,5-8,16H,2,4,9H2. The van der Waals surface area contributed by atoms with Gasteiger partial charge in [-0.25, -0.2) is 0 Å². The molecule has 8 heteroatoms. The van der Waals surface area contributed by atoms with Gasteiger partial charge in [-0.3, -0.25) is 0 Å². The first-order valence-electron chi connectivity index (χ1n) is 8.25. The average Bonchev–Trinajstić information content (AvgIpc) is 3.19. The Balaban J connectivity index is 1.72. The Hall–Kier alpha value is -1.43. The summed E-state index contributed by atoms with van der Waals surface area (Å²) in [5.41, 5.74) is 0.0793. The van der Waals surface area contributed by atoms with Crippen molar-refractivity contribution in [2.24, 2.45) is 5.16 Å². The minimum Gasteiger partial charge on any atom is -0.374 e. The quantitative estimate of drug-likeness (QED) is 0.476. The van der Waals surface area contributed by atoms with Crippen LogP contribution in [-0.2, 0) is 16.9 Å². The number of hydrogen-bond acceptors (Lipinski definition) is 2. The van der Waals surface area contributed by atoms with E-state index < -0.39 is 18.2 Å². The summed E-state index contributed by atoms with van der Waals surface area (Å²) in [4.78, 5) is 5.03. The van der Waals surface area contributed by atoms with Crippen LogP contribution in [0.5, 0.6) is 0 Å². The maximum absolute atomic E-state index is 14.0. The van der Waals surface area contributed by atoms with Crippen molar-refractivity contribution in [1.82, 2.24) is 0 Å². The molecule has 2 aromatic carbocycles. The number of alkyl halides is 4. The van der Waals surface area contributed by atoms with Gasteiger partial charge in [0, 0.05) is 22.0 Å². The van der Waals surface area contributed by atoms with Crippen molar-refractivity contribution in [1.29, 1.82) is 0 Å². The van der Waals surface area contributed by atoms with Gasteiger partial charge in [0.1, 0.15) is 0 Å². The van der Waals surface area contributed by atoms with E-state index in [1.807, 2.05) is 12.1 Å². The molecule has 0 N–H and O–H groups in total. The Morgan fingerprint density at radius 1 is 1.07 bits per heavy atom. The lowest BCUT2D eigenvalue weighted by molar-refractivity contribution is -0.275. The molecule has 0 fully saturated rings. The lowest BCUT2D eigenvalue weighted by Gasteiger charge is -2.29. The van der Waals surface area contributed by atoms with Gasteiger partial charge >= 0.3 is 6.18 Å². The van der Waals surface area contributed by atoms with E-state index in [0.29, 0.717) is 5.56 Å². The van der Waals surface area contributed by atoms with Gasteiger partial charge in [-0.2, -0.15) is 13.2 Å². The SMILES string of the molecule is FC(F)(F)C1(c2cc(Cl)cc(Cl)c2)CC(c2ccc3c(c2)CCC3Cl)=NO1. The smallest absolute Gasteiger partial charge is 0.374 e. The monoisotopic (exact) mass is 433 g/mol. The average molecular weight is 435 g/mol. The van der Waals surface area contributed by atoms with Crippen molar-refractivity contribution in [2.45, 2.75) is 36.4 Å². The molecule has 0 saturated heterocycles. The number of hydrogen-bond donors (Lipinski definition) is 0. The zero-order valence-electron chi connectivity index (χ0n) is 13.8. The topological polar surface area (TPSA) is 21.6 Å². The predicted molar refractivity (Wildman–Crippen MR) is 99.8 cm³/mol. The second kappa shape index (κ2) is 6.57. The molecule has 1 aliphatic heterocycles. The Morgan fingerprint density at radius 2 is 1.78 bits per heavy atom. The van der Waals surface area contributed by atoms with Crippen molar-refractivity contribution in [3.63, 3.8) is 0 Å². The van der Waals surface area contributed by atoms with Gasteiger partial charge < -0.3 is 4.84 Å². The molecule has 2 aromatic rings. The highest BCUT2D eigenvalue weighted by atomic mass is 35.5. The molecule has 1 aliphatic carbocycles. The van der Waals surface area contributed by atoms with Crippen molar-refractivity contribution in [3.8, 4) is 0 Å². The van der Waals surface area contributed by atoms with Crippen LogP contribution in [0.1, 0.15) is 40.5 Å². The summed E-state index contributed by atoms with van der Waals surface area (Å²) in [7, 11) is 0. The summed E-state index contributed by atoms with van der Waals surface area (Å²) in [6.45, 7) is 0. The number of rotatable bonds is 2. The van der Waals surface area contributed by atoms with Crippen molar-refractivity contribution in [3.05, 3.63) is 68.7 Å². The van der Waals surface area contributed by atoms with E-state index >= 15 is 0 Å². The fraction of sp³-hybridized carbons (Fsp3) is 0.316. The molecule has 0 spiro atoms. The Morgan fingerprint density at radius 3 is 2.44 bits per heavy atom. The molecule has 2 nitrogen and oxygen atoms in total. The lowest BCUT2D eigenvalue weighted by Crippen LogP contribution is -2.42. The number of benzene rings is 2. The third-order valence-electron chi connectivity index (χ3n) is 5.00. The van der Waals surface area contributed by atoms with Crippen LogP contribution in [0.4, 0.5) is 13.2 Å². The molecule has 2 aliphatic rings. The fourth-order valence-corrected chi connectivity index (χ4v) is 4.44. The van der Waals surface area contributed by atoms with E-state index in [4.69, 9.17) is 39.6 Å². The maximum atomic E-state index is 14.0.